The van der Waals surface area contributed by atoms with E-state index in [2.05, 4.69) is 52.0 Å². The van der Waals surface area contributed by atoms with Crippen molar-refractivity contribution in [3.05, 3.63) is 64.7 Å². The standard InChI is InChI=1S/C24H28F3N5O3/c1-2-15-3-5-16(6-4-15)13-32-10-9-18(14-32)30-21(33)12-29-22(34)19-11-17(24(25,26)27)7-8-20(19)31-23(28)35/h3-8,11,18H,2,9-10,12-14H2,1H3,(H,29,34)(H,30,33)(H3,28,31,35)/t18-/m0/s1. The van der Waals surface area contributed by atoms with Gasteiger partial charge in [-0.15, -0.1) is 0 Å². The molecule has 0 bridgehead atoms. The first-order valence-corrected chi connectivity index (χ1v) is 11.2. The molecule has 1 fully saturated rings. The van der Waals surface area contributed by atoms with E-state index < -0.39 is 41.7 Å². The predicted molar refractivity (Wildman–Crippen MR) is 125 cm³/mol. The van der Waals surface area contributed by atoms with Crippen LogP contribution >= 0.6 is 0 Å². The molecular formula is C24H28F3N5O3. The number of nitrogens with one attached hydrogen (secondary N) is 3. The molecular weight excluding hydrogens is 463 g/mol. The van der Waals surface area contributed by atoms with E-state index in [1.165, 1.54) is 11.1 Å². The molecule has 8 nitrogen and oxygen atoms in total. The quantitative estimate of drug-likeness (QED) is 0.454. The number of amides is 4. The lowest BCUT2D eigenvalue weighted by Gasteiger charge is -2.17. The fourth-order valence-corrected chi connectivity index (χ4v) is 3.92. The third kappa shape index (κ3) is 7.44. The van der Waals surface area contributed by atoms with Gasteiger partial charge in [0.15, 0.2) is 0 Å². The van der Waals surface area contributed by atoms with Crippen LogP contribution in [0.5, 0.6) is 0 Å². The lowest BCUT2D eigenvalue weighted by molar-refractivity contribution is -0.137. The fourth-order valence-electron chi connectivity index (χ4n) is 3.92. The molecule has 1 aliphatic rings. The Morgan fingerprint density at radius 2 is 1.77 bits per heavy atom. The fraction of sp³-hybridized carbons (Fsp3) is 0.375. The van der Waals surface area contributed by atoms with Crippen LogP contribution in [-0.4, -0.2) is 48.4 Å². The van der Waals surface area contributed by atoms with Gasteiger partial charge < -0.3 is 21.7 Å². The summed E-state index contributed by atoms with van der Waals surface area (Å²) in [7, 11) is 0. The van der Waals surface area contributed by atoms with E-state index in [4.69, 9.17) is 5.73 Å². The second kappa shape index (κ2) is 11.2. The van der Waals surface area contributed by atoms with E-state index in [1.807, 2.05) is 0 Å². The van der Waals surface area contributed by atoms with Crippen LogP contribution < -0.4 is 21.7 Å². The average molecular weight is 492 g/mol. The van der Waals surface area contributed by atoms with Gasteiger partial charge in [-0.1, -0.05) is 31.2 Å². The van der Waals surface area contributed by atoms with Crippen LogP contribution in [0.3, 0.4) is 0 Å². The zero-order chi connectivity index (χ0) is 25.6. The van der Waals surface area contributed by atoms with Crippen molar-refractivity contribution in [2.24, 2.45) is 5.73 Å². The molecule has 4 amide bonds. The molecule has 2 aromatic rings. The molecule has 1 saturated heterocycles. The number of nitrogens with zero attached hydrogens (tertiary/aromatic N) is 1. The van der Waals surface area contributed by atoms with Gasteiger partial charge in [-0.2, -0.15) is 13.2 Å². The monoisotopic (exact) mass is 491 g/mol. The zero-order valence-corrected chi connectivity index (χ0v) is 19.2. The number of hydrogen-bond acceptors (Lipinski definition) is 4. The van der Waals surface area contributed by atoms with Crippen LogP contribution in [0.1, 0.15) is 40.4 Å². The summed E-state index contributed by atoms with van der Waals surface area (Å²) in [6.45, 7) is 3.88. The number of anilines is 1. The molecule has 2 aromatic carbocycles. The molecule has 0 aliphatic carbocycles. The summed E-state index contributed by atoms with van der Waals surface area (Å²) in [5.74, 6) is -1.41. The number of likely N-dealkylation sites (tertiary alicyclic amines) is 1. The summed E-state index contributed by atoms with van der Waals surface area (Å²) < 4.78 is 39.2. The Bertz CT molecular complexity index is 1070. The minimum Gasteiger partial charge on any atom is -0.351 e. The largest absolute Gasteiger partial charge is 0.416 e. The van der Waals surface area contributed by atoms with Gasteiger partial charge in [-0.3, -0.25) is 14.5 Å². The van der Waals surface area contributed by atoms with Crippen LogP contribution in [-0.2, 0) is 23.9 Å². The molecule has 1 atom stereocenters. The normalized spacial score (nSPS) is 16.1. The molecule has 1 aliphatic heterocycles. The smallest absolute Gasteiger partial charge is 0.351 e. The van der Waals surface area contributed by atoms with Crippen molar-refractivity contribution in [1.29, 1.82) is 0 Å². The van der Waals surface area contributed by atoms with Crippen molar-refractivity contribution >= 4 is 23.5 Å². The number of rotatable bonds is 8. The minimum atomic E-state index is -4.69. The topological polar surface area (TPSA) is 117 Å². The number of aryl methyl sites for hydroxylation is 1. The molecule has 3 rings (SSSR count). The zero-order valence-electron chi connectivity index (χ0n) is 19.2. The Hall–Kier alpha value is -3.60. The summed E-state index contributed by atoms with van der Waals surface area (Å²) in [6.07, 6.45) is -2.97. The first kappa shape index (κ1) is 26.0. The lowest BCUT2D eigenvalue weighted by Crippen LogP contribution is -2.43. The molecule has 0 unspecified atom stereocenters. The molecule has 0 saturated carbocycles. The van der Waals surface area contributed by atoms with E-state index in [0.717, 1.165) is 38.1 Å². The van der Waals surface area contributed by atoms with E-state index >= 15 is 0 Å². The maximum Gasteiger partial charge on any atom is 0.416 e. The van der Waals surface area contributed by atoms with Gasteiger partial charge in [0, 0.05) is 25.7 Å². The number of primary amides is 1. The molecule has 1 heterocycles. The summed E-state index contributed by atoms with van der Waals surface area (Å²) in [6, 6.07) is 9.50. The number of alkyl halides is 3. The lowest BCUT2D eigenvalue weighted by atomic mass is 10.1. The molecule has 0 aromatic heterocycles. The number of halogens is 3. The molecule has 11 heteroatoms. The van der Waals surface area contributed by atoms with Crippen molar-refractivity contribution in [3.8, 4) is 0 Å². The Morgan fingerprint density at radius 1 is 1.09 bits per heavy atom. The number of hydrogen-bond donors (Lipinski definition) is 4. The Morgan fingerprint density at radius 3 is 2.40 bits per heavy atom. The van der Waals surface area contributed by atoms with Gasteiger partial charge in [0.2, 0.25) is 5.91 Å². The number of urea groups is 1. The van der Waals surface area contributed by atoms with Crippen LogP contribution in [0.25, 0.3) is 0 Å². The Kier molecular flexibility index (Phi) is 8.34. The van der Waals surface area contributed by atoms with Gasteiger partial charge in [0.05, 0.1) is 23.4 Å². The number of carbonyl (C=O) groups is 3. The third-order valence-electron chi connectivity index (χ3n) is 5.73. The molecule has 188 valence electrons. The molecule has 5 N–H and O–H groups in total. The van der Waals surface area contributed by atoms with E-state index in [9.17, 15) is 27.6 Å². The Balaban J connectivity index is 1.53. The summed E-state index contributed by atoms with van der Waals surface area (Å²) in [4.78, 5) is 38.2. The van der Waals surface area contributed by atoms with E-state index in [1.54, 1.807) is 0 Å². The second-order valence-electron chi connectivity index (χ2n) is 8.39. The van der Waals surface area contributed by atoms with Gasteiger partial charge in [0.25, 0.3) is 5.91 Å². The van der Waals surface area contributed by atoms with Gasteiger partial charge in [-0.25, -0.2) is 4.79 Å². The van der Waals surface area contributed by atoms with Crippen molar-refractivity contribution in [2.75, 3.05) is 25.0 Å². The highest BCUT2D eigenvalue weighted by atomic mass is 19.4. The van der Waals surface area contributed by atoms with E-state index in [-0.39, 0.29) is 11.7 Å². The number of nitrogens with two attached hydrogens (primary N) is 1. The van der Waals surface area contributed by atoms with Crippen LogP contribution in [0, 0.1) is 0 Å². The first-order chi connectivity index (χ1) is 16.5. The number of benzene rings is 2. The molecule has 0 spiro atoms. The highest BCUT2D eigenvalue weighted by Crippen LogP contribution is 2.32. The third-order valence-corrected chi connectivity index (χ3v) is 5.73. The summed E-state index contributed by atoms with van der Waals surface area (Å²) in [5.41, 5.74) is 5.77. The summed E-state index contributed by atoms with van der Waals surface area (Å²) >= 11 is 0. The van der Waals surface area contributed by atoms with Crippen LogP contribution in [0.4, 0.5) is 23.7 Å². The van der Waals surface area contributed by atoms with Crippen LogP contribution in [0.2, 0.25) is 0 Å². The summed E-state index contributed by atoms with van der Waals surface area (Å²) in [5, 5.41) is 7.25. The molecule has 0 radical (unpaired) electrons. The Labute approximate surface area is 201 Å². The van der Waals surface area contributed by atoms with Crippen molar-refractivity contribution < 1.29 is 27.6 Å². The second-order valence-corrected chi connectivity index (χ2v) is 8.39. The predicted octanol–water partition coefficient (Wildman–Crippen LogP) is 2.88. The highest BCUT2D eigenvalue weighted by molar-refractivity contribution is 6.04. The van der Waals surface area contributed by atoms with Crippen molar-refractivity contribution in [1.82, 2.24) is 15.5 Å². The highest BCUT2D eigenvalue weighted by Gasteiger charge is 2.32. The van der Waals surface area contributed by atoms with Gasteiger partial charge in [0.1, 0.15) is 0 Å². The SMILES string of the molecule is CCc1ccc(CN2CC[C@H](NC(=O)CNC(=O)c3cc(C(F)(F)F)ccc3NC(N)=O)C2)cc1. The average Bonchev–Trinajstić information content (AvgIpc) is 3.23. The maximum absolute atomic E-state index is 13.1. The first-order valence-electron chi connectivity index (χ1n) is 11.2. The van der Waals surface area contributed by atoms with Crippen molar-refractivity contribution in [3.63, 3.8) is 0 Å². The van der Waals surface area contributed by atoms with Gasteiger partial charge in [-0.05, 0) is 42.2 Å². The molecule has 35 heavy (non-hydrogen) atoms. The van der Waals surface area contributed by atoms with E-state index in [0.29, 0.717) is 12.6 Å². The number of carbonyl (C=O) groups excluding carboxylic acids is 3. The van der Waals surface area contributed by atoms with Gasteiger partial charge >= 0.3 is 12.2 Å². The maximum atomic E-state index is 13.1. The van der Waals surface area contributed by atoms with Crippen molar-refractivity contribution in [2.45, 2.75) is 38.5 Å². The van der Waals surface area contributed by atoms with Crippen LogP contribution in [0.15, 0.2) is 42.5 Å². The minimum absolute atomic E-state index is 0.102.